The van der Waals surface area contributed by atoms with Gasteiger partial charge in [0.25, 0.3) is 5.91 Å². The van der Waals surface area contributed by atoms with Crippen molar-refractivity contribution in [3.63, 3.8) is 0 Å². The van der Waals surface area contributed by atoms with Gasteiger partial charge in [0.2, 0.25) is 0 Å². The predicted octanol–water partition coefficient (Wildman–Crippen LogP) is 3.14. The van der Waals surface area contributed by atoms with Crippen molar-refractivity contribution in [1.29, 1.82) is 0 Å². The zero-order valence-corrected chi connectivity index (χ0v) is 11.2. The largest absolute Gasteiger partial charge is 0.505 e. The highest BCUT2D eigenvalue weighted by atomic mass is 35.5. The lowest BCUT2D eigenvalue weighted by Crippen LogP contribution is -2.13. The highest BCUT2D eigenvalue weighted by Crippen LogP contribution is 2.28. The van der Waals surface area contributed by atoms with Crippen molar-refractivity contribution in [2.75, 3.05) is 5.32 Å². The van der Waals surface area contributed by atoms with Crippen LogP contribution in [0.15, 0.2) is 36.4 Å². The molecule has 2 aromatic carbocycles. The Hall–Kier alpha value is -2.60. The summed E-state index contributed by atoms with van der Waals surface area (Å²) >= 11 is 5.51. The number of phenols is 1. The zero-order valence-electron chi connectivity index (χ0n) is 10.4. The van der Waals surface area contributed by atoms with E-state index in [2.05, 4.69) is 5.32 Å². The Morgan fingerprint density at radius 1 is 1.19 bits per heavy atom. The maximum absolute atomic E-state index is 13.3. The minimum atomic E-state index is -1.33. The number of nitrogens with one attached hydrogen (secondary N) is 1. The van der Waals surface area contributed by atoms with E-state index < -0.39 is 23.4 Å². The number of halogens is 2. The molecule has 0 atom stereocenters. The van der Waals surface area contributed by atoms with Crippen LogP contribution in [-0.2, 0) is 0 Å². The number of aromatic hydroxyl groups is 1. The SMILES string of the molecule is O=C(Nc1cccc(C(=O)O)c1O)c1ccc(Cl)c(F)c1. The van der Waals surface area contributed by atoms with E-state index in [0.717, 1.165) is 6.07 Å². The third kappa shape index (κ3) is 3.11. The van der Waals surface area contributed by atoms with Gasteiger partial charge >= 0.3 is 5.97 Å². The molecule has 7 heteroatoms. The molecule has 1 amide bonds. The van der Waals surface area contributed by atoms with Crippen LogP contribution in [0, 0.1) is 5.82 Å². The van der Waals surface area contributed by atoms with E-state index in [9.17, 15) is 19.1 Å². The van der Waals surface area contributed by atoms with Gasteiger partial charge in [0.1, 0.15) is 11.4 Å². The fourth-order valence-corrected chi connectivity index (χ4v) is 1.77. The van der Waals surface area contributed by atoms with E-state index in [1.54, 1.807) is 0 Å². The van der Waals surface area contributed by atoms with Crippen LogP contribution in [0.3, 0.4) is 0 Å². The smallest absolute Gasteiger partial charge is 0.339 e. The lowest BCUT2D eigenvalue weighted by atomic mass is 10.1. The number of hydrogen-bond donors (Lipinski definition) is 3. The van der Waals surface area contributed by atoms with Gasteiger partial charge in [-0.15, -0.1) is 0 Å². The molecule has 0 radical (unpaired) electrons. The van der Waals surface area contributed by atoms with Crippen LogP contribution in [0.1, 0.15) is 20.7 Å². The second-order valence-electron chi connectivity index (χ2n) is 4.09. The second-order valence-corrected chi connectivity index (χ2v) is 4.50. The molecule has 3 N–H and O–H groups in total. The lowest BCUT2D eigenvalue weighted by Gasteiger charge is -2.09. The summed E-state index contributed by atoms with van der Waals surface area (Å²) < 4.78 is 13.3. The van der Waals surface area contributed by atoms with Gasteiger partial charge in [-0.1, -0.05) is 17.7 Å². The van der Waals surface area contributed by atoms with Crippen molar-refractivity contribution in [2.24, 2.45) is 0 Å². The van der Waals surface area contributed by atoms with Crippen molar-refractivity contribution in [2.45, 2.75) is 0 Å². The first kappa shape index (κ1) is 14.8. The number of carbonyl (C=O) groups excluding carboxylic acids is 1. The molecule has 0 heterocycles. The fourth-order valence-electron chi connectivity index (χ4n) is 1.65. The summed E-state index contributed by atoms with van der Waals surface area (Å²) in [6.07, 6.45) is 0. The molecule has 21 heavy (non-hydrogen) atoms. The van der Waals surface area contributed by atoms with Crippen LogP contribution >= 0.6 is 11.6 Å². The molecule has 108 valence electrons. The van der Waals surface area contributed by atoms with Gasteiger partial charge in [-0.2, -0.15) is 0 Å². The standard InChI is InChI=1S/C14H9ClFNO4/c15-9-5-4-7(6-10(9)16)13(19)17-11-3-1-2-8(12(11)18)14(20)21/h1-6,18H,(H,17,19)(H,20,21). The maximum Gasteiger partial charge on any atom is 0.339 e. The number of rotatable bonds is 3. The number of anilines is 1. The van der Waals surface area contributed by atoms with Crippen LogP contribution < -0.4 is 5.32 Å². The number of carboxylic acids is 1. The van der Waals surface area contributed by atoms with Crippen LogP contribution in [-0.4, -0.2) is 22.1 Å². The Morgan fingerprint density at radius 3 is 2.52 bits per heavy atom. The third-order valence-electron chi connectivity index (χ3n) is 2.70. The number of aromatic carboxylic acids is 1. The van der Waals surface area contributed by atoms with Crippen molar-refractivity contribution in [3.05, 3.63) is 58.4 Å². The van der Waals surface area contributed by atoms with E-state index >= 15 is 0 Å². The molecular weight excluding hydrogens is 301 g/mol. The Morgan fingerprint density at radius 2 is 1.90 bits per heavy atom. The molecule has 0 fully saturated rings. The first-order valence-corrected chi connectivity index (χ1v) is 6.09. The fraction of sp³-hybridized carbons (Fsp3) is 0. The topological polar surface area (TPSA) is 86.6 Å². The molecule has 2 aromatic rings. The molecular formula is C14H9ClFNO4. The maximum atomic E-state index is 13.3. The van der Waals surface area contributed by atoms with E-state index in [1.807, 2.05) is 0 Å². The van der Waals surface area contributed by atoms with Crippen LogP contribution in [0.25, 0.3) is 0 Å². The minimum absolute atomic E-state index is 0.0166. The number of para-hydroxylation sites is 1. The molecule has 2 rings (SSSR count). The first-order valence-electron chi connectivity index (χ1n) is 5.72. The molecule has 0 bridgehead atoms. The molecule has 0 saturated heterocycles. The average molecular weight is 310 g/mol. The molecule has 5 nitrogen and oxygen atoms in total. The average Bonchev–Trinajstić information content (AvgIpc) is 2.43. The summed E-state index contributed by atoms with van der Waals surface area (Å²) in [6.45, 7) is 0. The van der Waals surface area contributed by atoms with Crippen LogP contribution in [0.5, 0.6) is 5.75 Å². The van der Waals surface area contributed by atoms with Crippen LogP contribution in [0.4, 0.5) is 10.1 Å². The summed E-state index contributed by atoms with van der Waals surface area (Å²) in [5.41, 5.74) is -0.456. The highest BCUT2D eigenvalue weighted by Gasteiger charge is 2.16. The van der Waals surface area contributed by atoms with Gasteiger partial charge in [-0.05, 0) is 30.3 Å². The number of hydrogen-bond acceptors (Lipinski definition) is 3. The molecule has 0 aromatic heterocycles. The third-order valence-corrected chi connectivity index (χ3v) is 3.00. The van der Waals surface area contributed by atoms with Gasteiger partial charge in [0, 0.05) is 5.56 Å². The Bertz CT molecular complexity index is 733. The van der Waals surface area contributed by atoms with Crippen molar-refractivity contribution >= 4 is 29.2 Å². The second kappa shape index (κ2) is 5.80. The summed E-state index contributed by atoms with van der Waals surface area (Å²) in [5, 5.41) is 20.8. The number of amides is 1. The molecule has 0 aliphatic carbocycles. The summed E-state index contributed by atoms with van der Waals surface area (Å²) in [6, 6.07) is 7.34. The van der Waals surface area contributed by atoms with Gasteiger partial charge in [0.05, 0.1) is 10.7 Å². The summed E-state index contributed by atoms with van der Waals surface area (Å²) in [5.74, 6) is -3.37. The van der Waals surface area contributed by atoms with Gasteiger partial charge < -0.3 is 15.5 Å². The van der Waals surface area contributed by atoms with E-state index in [0.29, 0.717) is 0 Å². The molecule has 0 spiro atoms. The van der Waals surface area contributed by atoms with E-state index in [4.69, 9.17) is 16.7 Å². The van der Waals surface area contributed by atoms with E-state index in [1.165, 1.54) is 30.3 Å². The molecule has 0 aliphatic heterocycles. The van der Waals surface area contributed by atoms with Gasteiger partial charge in [0.15, 0.2) is 5.75 Å². The van der Waals surface area contributed by atoms with Gasteiger partial charge in [-0.25, -0.2) is 9.18 Å². The molecule has 0 aliphatic rings. The van der Waals surface area contributed by atoms with Crippen molar-refractivity contribution < 1.29 is 24.2 Å². The van der Waals surface area contributed by atoms with Crippen molar-refractivity contribution in [3.8, 4) is 5.75 Å². The van der Waals surface area contributed by atoms with E-state index in [-0.39, 0.29) is 21.8 Å². The quantitative estimate of drug-likeness (QED) is 0.760. The Kier molecular flexibility index (Phi) is 4.09. The Labute approximate surface area is 123 Å². The first-order chi connectivity index (χ1) is 9.90. The molecule has 0 unspecified atom stereocenters. The highest BCUT2D eigenvalue weighted by molar-refractivity contribution is 6.30. The number of carbonyl (C=O) groups is 2. The van der Waals surface area contributed by atoms with Gasteiger partial charge in [-0.3, -0.25) is 4.79 Å². The molecule has 0 saturated carbocycles. The number of benzene rings is 2. The Balaban J connectivity index is 2.29. The minimum Gasteiger partial charge on any atom is -0.505 e. The van der Waals surface area contributed by atoms with Crippen LogP contribution in [0.2, 0.25) is 5.02 Å². The predicted molar refractivity (Wildman–Crippen MR) is 74.4 cm³/mol. The number of carboxylic acid groups (broad SMARTS) is 1. The summed E-state index contributed by atoms with van der Waals surface area (Å²) in [4.78, 5) is 22.8. The normalized spacial score (nSPS) is 10.2. The zero-order chi connectivity index (χ0) is 15.6. The monoisotopic (exact) mass is 309 g/mol. The lowest BCUT2D eigenvalue weighted by molar-refractivity contribution is 0.0693. The van der Waals surface area contributed by atoms with Crippen molar-refractivity contribution in [1.82, 2.24) is 0 Å². The summed E-state index contributed by atoms with van der Waals surface area (Å²) in [7, 11) is 0.